The molecule has 60 valence electrons. The van der Waals surface area contributed by atoms with Gasteiger partial charge in [0.1, 0.15) is 5.69 Å². The van der Waals surface area contributed by atoms with Crippen molar-refractivity contribution in [3.8, 4) is 0 Å². The molecule has 1 nitrogen and oxygen atoms in total. The van der Waals surface area contributed by atoms with Crippen molar-refractivity contribution < 1.29 is 0 Å². The third kappa shape index (κ3) is 2.77. The van der Waals surface area contributed by atoms with Crippen LogP contribution in [0.5, 0.6) is 0 Å². The number of hydrogen-bond acceptors (Lipinski definition) is 0. The number of para-hydroxylation sites is 1. The van der Waals surface area contributed by atoms with Crippen molar-refractivity contribution in [2.24, 2.45) is 0 Å². The second kappa shape index (κ2) is 3.58. The highest BCUT2D eigenvalue weighted by Gasteiger charge is 2.08. The molecule has 0 N–H and O–H groups in total. The Labute approximate surface area is 70.8 Å². The van der Waals surface area contributed by atoms with Crippen LogP contribution in [0.15, 0.2) is 30.3 Å². The van der Waals surface area contributed by atoms with Crippen LogP contribution in [-0.2, 0) is 0 Å². The molecule has 0 saturated heterocycles. The lowest BCUT2D eigenvalue weighted by molar-refractivity contribution is 0.486. The van der Waals surface area contributed by atoms with Crippen molar-refractivity contribution >= 4 is 14.1 Å². The molecule has 0 bridgehead atoms. The van der Waals surface area contributed by atoms with Gasteiger partial charge in [-0.3, -0.25) is 4.48 Å². The molecule has 0 fully saturated rings. The molecule has 0 radical (unpaired) electrons. The predicted molar refractivity (Wildman–Crippen MR) is 55.9 cm³/mol. The van der Waals surface area contributed by atoms with Gasteiger partial charge in [-0.05, 0) is 12.1 Å². The predicted octanol–water partition coefficient (Wildman–Crippen LogP) is 0.699. The Morgan fingerprint density at radius 3 is 1.64 bits per heavy atom. The first-order valence-electron chi connectivity index (χ1n) is 3.48. The highest BCUT2D eigenvalue weighted by molar-refractivity contribution is 5.75. The molecular formula is C9H17BN+. The standard InChI is InChI=1S/C9H14N.BH3/c1-10(2,3)9-7-5-4-6-8-9;/h4-8H,1-3H3;1H3/q+1;. The zero-order chi connectivity index (χ0) is 7.61. The van der Waals surface area contributed by atoms with Gasteiger partial charge in [-0.2, -0.15) is 0 Å². The van der Waals surface area contributed by atoms with E-state index in [-0.39, 0.29) is 8.41 Å². The van der Waals surface area contributed by atoms with Crippen molar-refractivity contribution in [3.05, 3.63) is 30.3 Å². The zero-order valence-electron chi connectivity index (χ0n) is 6.83. The van der Waals surface area contributed by atoms with Gasteiger partial charge < -0.3 is 0 Å². The third-order valence-corrected chi connectivity index (χ3v) is 1.53. The minimum absolute atomic E-state index is 0. The first-order chi connectivity index (χ1) is 4.61. The molecule has 2 heteroatoms. The maximum Gasteiger partial charge on any atom is 0.132 e. The molecule has 11 heavy (non-hydrogen) atoms. The minimum Gasteiger partial charge on any atom is -0.298 e. The SMILES string of the molecule is B.C[N+](C)(C)c1ccccc1. The molecule has 0 aliphatic carbocycles. The molecule has 0 heterocycles. The van der Waals surface area contributed by atoms with Crippen LogP contribution in [0.1, 0.15) is 0 Å². The summed E-state index contributed by atoms with van der Waals surface area (Å²) in [6.07, 6.45) is 0. The third-order valence-electron chi connectivity index (χ3n) is 1.53. The maximum absolute atomic E-state index is 2.16. The van der Waals surface area contributed by atoms with Gasteiger partial charge in [0.05, 0.1) is 29.6 Å². The van der Waals surface area contributed by atoms with E-state index >= 15 is 0 Å². The minimum atomic E-state index is 0. The van der Waals surface area contributed by atoms with Crippen LogP contribution in [0, 0.1) is 0 Å². The summed E-state index contributed by atoms with van der Waals surface area (Å²) < 4.78 is 0.890. The van der Waals surface area contributed by atoms with E-state index in [2.05, 4.69) is 45.4 Å². The average molecular weight is 150 g/mol. The van der Waals surface area contributed by atoms with E-state index in [1.54, 1.807) is 0 Å². The van der Waals surface area contributed by atoms with E-state index in [4.69, 9.17) is 0 Å². The van der Waals surface area contributed by atoms with Gasteiger partial charge in [0.25, 0.3) is 0 Å². The summed E-state index contributed by atoms with van der Waals surface area (Å²) in [4.78, 5) is 0. The fraction of sp³-hybridized carbons (Fsp3) is 0.333. The molecule has 0 saturated carbocycles. The summed E-state index contributed by atoms with van der Waals surface area (Å²) in [5, 5.41) is 0. The number of quaternary nitrogens is 1. The Morgan fingerprint density at radius 1 is 0.909 bits per heavy atom. The number of hydrogen-bond donors (Lipinski definition) is 0. The van der Waals surface area contributed by atoms with Crippen molar-refractivity contribution in [1.82, 2.24) is 4.48 Å². The van der Waals surface area contributed by atoms with E-state index in [0.29, 0.717) is 0 Å². The summed E-state index contributed by atoms with van der Waals surface area (Å²) in [5.41, 5.74) is 1.34. The fourth-order valence-corrected chi connectivity index (χ4v) is 0.875. The molecule has 0 spiro atoms. The first kappa shape index (κ1) is 10.2. The second-order valence-electron chi connectivity index (χ2n) is 3.35. The van der Waals surface area contributed by atoms with Gasteiger partial charge in [-0.1, -0.05) is 18.2 Å². The topological polar surface area (TPSA) is 0 Å². The van der Waals surface area contributed by atoms with E-state index < -0.39 is 0 Å². The maximum atomic E-state index is 2.16. The number of benzene rings is 1. The molecule has 0 amide bonds. The Bertz CT molecular complexity index is 201. The summed E-state index contributed by atoms with van der Waals surface area (Å²) in [5.74, 6) is 0. The fourth-order valence-electron chi connectivity index (χ4n) is 0.875. The van der Waals surface area contributed by atoms with Crippen LogP contribution in [0.25, 0.3) is 0 Å². The Morgan fingerprint density at radius 2 is 1.36 bits per heavy atom. The van der Waals surface area contributed by atoms with E-state index in [1.807, 2.05) is 6.07 Å². The van der Waals surface area contributed by atoms with Crippen LogP contribution in [0.4, 0.5) is 5.69 Å². The van der Waals surface area contributed by atoms with Crippen molar-refractivity contribution in [2.45, 2.75) is 0 Å². The van der Waals surface area contributed by atoms with Gasteiger partial charge in [0.2, 0.25) is 0 Å². The molecular weight excluding hydrogens is 133 g/mol. The summed E-state index contributed by atoms with van der Waals surface area (Å²) >= 11 is 0. The van der Waals surface area contributed by atoms with Crippen molar-refractivity contribution in [1.29, 1.82) is 0 Å². The smallest absolute Gasteiger partial charge is 0.132 e. The molecule has 0 aliphatic heterocycles. The first-order valence-corrected chi connectivity index (χ1v) is 3.48. The molecule has 0 aromatic heterocycles. The van der Waals surface area contributed by atoms with Gasteiger partial charge in [-0.25, -0.2) is 0 Å². The van der Waals surface area contributed by atoms with Crippen LogP contribution in [0.2, 0.25) is 0 Å². The Balaban J connectivity index is 0.000001000. The van der Waals surface area contributed by atoms with E-state index in [9.17, 15) is 0 Å². The van der Waals surface area contributed by atoms with E-state index in [1.165, 1.54) is 5.69 Å². The van der Waals surface area contributed by atoms with Crippen molar-refractivity contribution in [2.75, 3.05) is 21.1 Å². The summed E-state index contributed by atoms with van der Waals surface area (Å²) in [6, 6.07) is 10.5. The lowest BCUT2D eigenvalue weighted by Crippen LogP contribution is -2.34. The molecule has 0 aliphatic rings. The average Bonchev–Trinajstić information content (AvgIpc) is 1.88. The van der Waals surface area contributed by atoms with Gasteiger partial charge in [0, 0.05) is 0 Å². The highest BCUT2D eigenvalue weighted by Crippen LogP contribution is 2.14. The van der Waals surface area contributed by atoms with Gasteiger partial charge in [-0.15, -0.1) is 0 Å². The number of rotatable bonds is 1. The molecule has 0 unspecified atom stereocenters. The molecule has 1 rings (SSSR count). The van der Waals surface area contributed by atoms with E-state index in [0.717, 1.165) is 4.48 Å². The van der Waals surface area contributed by atoms with Crippen LogP contribution >= 0.6 is 0 Å². The van der Waals surface area contributed by atoms with Crippen LogP contribution < -0.4 is 4.48 Å². The normalized spacial score (nSPS) is 10.5. The summed E-state index contributed by atoms with van der Waals surface area (Å²) in [7, 11) is 6.49. The van der Waals surface area contributed by atoms with Crippen LogP contribution in [-0.4, -0.2) is 29.6 Å². The van der Waals surface area contributed by atoms with Gasteiger partial charge in [0.15, 0.2) is 0 Å². The monoisotopic (exact) mass is 150 g/mol. The second-order valence-corrected chi connectivity index (χ2v) is 3.35. The lowest BCUT2D eigenvalue weighted by Gasteiger charge is -2.22. The number of nitrogens with zero attached hydrogens (tertiary/aromatic N) is 1. The highest BCUT2D eigenvalue weighted by atomic mass is 15.3. The molecule has 1 aromatic rings. The Hall–Kier alpha value is -0.755. The quantitative estimate of drug-likeness (QED) is 0.408. The molecule has 1 aromatic carbocycles. The lowest BCUT2D eigenvalue weighted by atomic mass is 10.3. The van der Waals surface area contributed by atoms with Crippen LogP contribution in [0.3, 0.4) is 0 Å². The van der Waals surface area contributed by atoms with Crippen molar-refractivity contribution in [3.63, 3.8) is 0 Å². The van der Waals surface area contributed by atoms with Gasteiger partial charge >= 0.3 is 0 Å². The largest absolute Gasteiger partial charge is 0.298 e. The zero-order valence-corrected chi connectivity index (χ0v) is 6.83. The molecule has 0 atom stereocenters. The summed E-state index contributed by atoms with van der Waals surface area (Å²) in [6.45, 7) is 0. The Kier molecular flexibility index (Phi) is 3.34.